The highest BCUT2D eigenvalue weighted by atomic mass is 19.1. The molecule has 1 aromatic heterocycles. The van der Waals surface area contributed by atoms with Crippen molar-refractivity contribution in [1.82, 2.24) is 4.98 Å². The molecule has 0 bridgehead atoms. The number of anilines is 3. The van der Waals surface area contributed by atoms with Crippen LogP contribution in [0.3, 0.4) is 0 Å². The third kappa shape index (κ3) is 4.33. The van der Waals surface area contributed by atoms with Crippen molar-refractivity contribution < 1.29 is 9.13 Å². The highest BCUT2D eigenvalue weighted by Gasteiger charge is 2.21. The minimum Gasteiger partial charge on any atom is -0.379 e. The molecule has 0 radical (unpaired) electrons. The predicted molar refractivity (Wildman–Crippen MR) is 107 cm³/mol. The van der Waals surface area contributed by atoms with Crippen LogP contribution in [0.15, 0.2) is 36.5 Å². The molecule has 4 rings (SSSR count). The first kappa shape index (κ1) is 18.0. The normalized spacial score (nSPS) is 20.6. The molecule has 6 heteroatoms. The van der Waals surface area contributed by atoms with Gasteiger partial charge in [0.25, 0.3) is 0 Å². The average molecular weight is 370 g/mol. The third-order valence-electron chi connectivity index (χ3n) is 5.40. The van der Waals surface area contributed by atoms with Crippen LogP contribution in [0.1, 0.15) is 18.5 Å². The lowest BCUT2D eigenvalue weighted by Crippen LogP contribution is -2.42. The number of nitrogens with one attached hydrogen (secondary N) is 1. The Balaban J connectivity index is 1.46. The maximum Gasteiger partial charge on any atom is 0.125 e. The van der Waals surface area contributed by atoms with E-state index < -0.39 is 0 Å². The van der Waals surface area contributed by atoms with Gasteiger partial charge in [-0.2, -0.15) is 0 Å². The second-order valence-electron chi connectivity index (χ2n) is 7.34. The summed E-state index contributed by atoms with van der Waals surface area (Å²) >= 11 is 0. The van der Waals surface area contributed by atoms with Crippen molar-refractivity contribution in [1.29, 1.82) is 0 Å². The number of aromatic nitrogens is 1. The highest BCUT2D eigenvalue weighted by molar-refractivity contribution is 5.60. The number of ether oxygens (including phenoxy) is 1. The monoisotopic (exact) mass is 370 g/mol. The van der Waals surface area contributed by atoms with E-state index in [1.165, 1.54) is 6.07 Å². The van der Waals surface area contributed by atoms with Crippen molar-refractivity contribution in [3.63, 3.8) is 0 Å². The van der Waals surface area contributed by atoms with Crippen LogP contribution in [0.4, 0.5) is 21.5 Å². The van der Waals surface area contributed by atoms with Gasteiger partial charge in [0.05, 0.1) is 36.5 Å². The van der Waals surface area contributed by atoms with E-state index in [0.717, 1.165) is 75.0 Å². The van der Waals surface area contributed by atoms with Crippen molar-refractivity contribution in [2.75, 3.05) is 54.5 Å². The van der Waals surface area contributed by atoms with Crippen LogP contribution in [0.25, 0.3) is 0 Å². The topological polar surface area (TPSA) is 40.6 Å². The molecule has 5 nitrogen and oxygen atoms in total. The van der Waals surface area contributed by atoms with Crippen LogP contribution < -0.4 is 15.1 Å². The number of rotatable bonds is 4. The van der Waals surface area contributed by atoms with Crippen LogP contribution in [-0.2, 0) is 4.74 Å². The number of morpholine rings is 1. The summed E-state index contributed by atoms with van der Waals surface area (Å²) in [6, 6.07) is 9.40. The van der Waals surface area contributed by atoms with Gasteiger partial charge in [-0.3, -0.25) is 4.98 Å². The standard InChI is InChI=1S/C21H27FN4O/c1-16-21(13-20(14-23-16)25-8-10-27-11-9-25)24-18-5-3-7-26(15-18)19-6-2-4-17(22)12-19/h2,4,6,12-14,18,24H,3,5,7-11,15H2,1H3/t18-/m1/s1. The van der Waals surface area contributed by atoms with Gasteiger partial charge in [-0.05, 0) is 44.0 Å². The summed E-state index contributed by atoms with van der Waals surface area (Å²) in [6.45, 7) is 7.21. The molecule has 0 unspecified atom stereocenters. The number of halogens is 1. The zero-order valence-electron chi connectivity index (χ0n) is 15.8. The fraction of sp³-hybridized carbons (Fsp3) is 0.476. The number of benzene rings is 1. The summed E-state index contributed by atoms with van der Waals surface area (Å²) in [5.41, 5.74) is 4.20. The first-order chi connectivity index (χ1) is 13.2. The summed E-state index contributed by atoms with van der Waals surface area (Å²) in [5, 5.41) is 3.69. The van der Waals surface area contributed by atoms with E-state index >= 15 is 0 Å². The smallest absolute Gasteiger partial charge is 0.125 e. The lowest BCUT2D eigenvalue weighted by Gasteiger charge is -2.36. The van der Waals surface area contributed by atoms with Gasteiger partial charge in [0.1, 0.15) is 5.82 Å². The lowest BCUT2D eigenvalue weighted by atomic mass is 10.0. The molecule has 27 heavy (non-hydrogen) atoms. The van der Waals surface area contributed by atoms with Crippen molar-refractivity contribution in [2.45, 2.75) is 25.8 Å². The molecular formula is C21H27FN4O. The van der Waals surface area contributed by atoms with Crippen LogP contribution in [0, 0.1) is 12.7 Å². The van der Waals surface area contributed by atoms with E-state index in [9.17, 15) is 4.39 Å². The molecule has 0 aliphatic carbocycles. The van der Waals surface area contributed by atoms with E-state index in [4.69, 9.17) is 4.74 Å². The fourth-order valence-corrected chi connectivity index (χ4v) is 3.88. The van der Waals surface area contributed by atoms with E-state index in [2.05, 4.69) is 26.2 Å². The van der Waals surface area contributed by atoms with E-state index in [1.54, 1.807) is 12.1 Å². The molecule has 2 aliphatic rings. The second kappa shape index (κ2) is 8.13. The van der Waals surface area contributed by atoms with E-state index in [1.807, 2.05) is 19.2 Å². The quantitative estimate of drug-likeness (QED) is 0.893. The van der Waals surface area contributed by atoms with Gasteiger partial charge in [-0.1, -0.05) is 6.07 Å². The van der Waals surface area contributed by atoms with Crippen molar-refractivity contribution in [3.05, 3.63) is 48.0 Å². The maximum atomic E-state index is 13.6. The Morgan fingerprint density at radius 3 is 2.78 bits per heavy atom. The summed E-state index contributed by atoms with van der Waals surface area (Å²) in [6.07, 6.45) is 4.14. The fourth-order valence-electron chi connectivity index (χ4n) is 3.88. The lowest BCUT2D eigenvalue weighted by molar-refractivity contribution is 0.122. The van der Waals surface area contributed by atoms with Gasteiger partial charge < -0.3 is 19.9 Å². The number of pyridine rings is 1. The first-order valence-corrected chi connectivity index (χ1v) is 9.75. The molecule has 144 valence electrons. The molecule has 1 N–H and O–H groups in total. The van der Waals surface area contributed by atoms with Crippen LogP contribution in [0.2, 0.25) is 0 Å². The molecule has 0 spiro atoms. The average Bonchev–Trinajstić information content (AvgIpc) is 2.71. The molecule has 2 fully saturated rings. The van der Waals surface area contributed by atoms with Gasteiger partial charge in [0.15, 0.2) is 0 Å². The Morgan fingerprint density at radius 1 is 1.11 bits per heavy atom. The van der Waals surface area contributed by atoms with Crippen molar-refractivity contribution in [3.8, 4) is 0 Å². The molecule has 3 heterocycles. The first-order valence-electron chi connectivity index (χ1n) is 9.75. The number of piperidine rings is 1. The van der Waals surface area contributed by atoms with Crippen LogP contribution in [-0.4, -0.2) is 50.4 Å². The summed E-state index contributed by atoms with van der Waals surface area (Å²) < 4.78 is 19.0. The van der Waals surface area contributed by atoms with Gasteiger partial charge in [-0.15, -0.1) is 0 Å². The molecule has 0 saturated carbocycles. The molecule has 2 aliphatic heterocycles. The van der Waals surface area contributed by atoms with Crippen LogP contribution in [0.5, 0.6) is 0 Å². The Labute approximate surface area is 160 Å². The van der Waals surface area contributed by atoms with Gasteiger partial charge >= 0.3 is 0 Å². The minimum absolute atomic E-state index is 0.180. The maximum absolute atomic E-state index is 13.6. The van der Waals surface area contributed by atoms with Crippen molar-refractivity contribution >= 4 is 17.1 Å². The van der Waals surface area contributed by atoms with Crippen LogP contribution >= 0.6 is 0 Å². The third-order valence-corrected chi connectivity index (χ3v) is 5.40. The summed E-state index contributed by atoms with van der Waals surface area (Å²) in [7, 11) is 0. The molecular weight excluding hydrogens is 343 g/mol. The second-order valence-corrected chi connectivity index (χ2v) is 7.34. The largest absolute Gasteiger partial charge is 0.379 e. The minimum atomic E-state index is -0.180. The Bertz CT molecular complexity index is 779. The Hall–Kier alpha value is -2.34. The Kier molecular flexibility index (Phi) is 5.43. The highest BCUT2D eigenvalue weighted by Crippen LogP contribution is 2.26. The number of nitrogens with zero attached hydrogens (tertiary/aromatic N) is 3. The zero-order chi connectivity index (χ0) is 18.6. The van der Waals surface area contributed by atoms with E-state index in [0.29, 0.717) is 6.04 Å². The van der Waals surface area contributed by atoms with Gasteiger partial charge in [0.2, 0.25) is 0 Å². The van der Waals surface area contributed by atoms with Gasteiger partial charge in [0, 0.05) is 37.9 Å². The SMILES string of the molecule is Cc1ncc(N2CCOCC2)cc1N[C@@H]1CCCN(c2cccc(F)c2)C1. The molecule has 1 atom stereocenters. The molecule has 2 aromatic rings. The number of hydrogen-bond donors (Lipinski definition) is 1. The summed E-state index contributed by atoms with van der Waals surface area (Å²) in [4.78, 5) is 9.18. The van der Waals surface area contributed by atoms with Gasteiger partial charge in [-0.25, -0.2) is 4.39 Å². The molecule has 2 saturated heterocycles. The zero-order valence-corrected chi connectivity index (χ0v) is 15.8. The Morgan fingerprint density at radius 2 is 1.96 bits per heavy atom. The molecule has 1 aromatic carbocycles. The van der Waals surface area contributed by atoms with Crippen molar-refractivity contribution in [2.24, 2.45) is 0 Å². The number of hydrogen-bond acceptors (Lipinski definition) is 5. The number of aryl methyl sites for hydroxylation is 1. The molecule has 0 amide bonds. The summed E-state index contributed by atoms with van der Waals surface area (Å²) in [5.74, 6) is -0.180. The van der Waals surface area contributed by atoms with E-state index in [-0.39, 0.29) is 5.82 Å². The predicted octanol–water partition coefficient (Wildman–Crippen LogP) is 3.45.